The van der Waals surface area contributed by atoms with Crippen LogP contribution in [0.2, 0.25) is 0 Å². The number of nitrogens with one attached hydrogen (secondary N) is 2. The third kappa shape index (κ3) is 2.28. The largest absolute Gasteiger partial charge is 0.390 e. The van der Waals surface area contributed by atoms with Gasteiger partial charge in [0, 0.05) is 31.6 Å². The van der Waals surface area contributed by atoms with Gasteiger partial charge in [-0.2, -0.15) is 0 Å². The van der Waals surface area contributed by atoms with Crippen LogP contribution in [0, 0.1) is 5.92 Å². The van der Waals surface area contributed by atoms with Crippen LogP contribution in [0.4, 0.5) is 0 Å². The average Bonchev–Trinajstić information content (AvgIpc) is 2.97. The Bertz CT molecular complexity index is 427. The maximum absolute atomic E-state index is 3.68. The lowest BCUT2D eigenvalue weighted by molar-refractivity contribution is 0.188. The molecule has 18 heavy (non-hydrogen) atoms. The van der Waals surface area contributed by atoms with Crippen LogP contribution in [0.3, 0.4) is 0 Å². The second-order valence-corrected chi connectivity index (χ2v) is 5.21. The number of rotatable bonds is 4. The van der Waals surface area contributed by atoms with E-state index in [4.69, 9.17) is 0 Å². The van der Waals surface area contributed by atoms with Crippen LogP contribution in [-0.2, 0) is 0 Å². The third-order valence-corrected chi connectivity index (χ3v) is 3.94. The Morgan fingerprint density at radius 3 is 2.94 bits per heavy atom. The zero-order valence-electron chi connectivity index (χ0n) is 10.9. The van der Waals surface area contributed by atoms with Gasteiger partial charge in [-0.15, -0.1) is 0 Å². The van der Waals surface area contributed by atoms with Crippen molar-refractivity contribution in [1.82, 2.24) is 15.8 Å². The number of nitrogens with zero attached hydrogens (tertiary/aromatic N) is 1. The molecule has 2 aliphatic heterocycles. The number of hydrogen-bond donors (Lipinski definition) is 2. The molecular formula is C15H21N3. The molecular weight excluding hydrogens is 222 g/mol. The highest BCUT2D eigenvalue weighted by Gasteiger charge is 2.30. The molecule has 1 aromatic rings. The van der Waals surface area contributed by atoms with Crippen molar-refractivity contribution in [2.45, 2.75) is 19.4 Å². The highest BCUT2D eigenvalue weighted by atomic mass is 15.5. The molecule has 96 valence electrons. The number of hydrazine groups is 1. The summed E-state index contributed by atoms with van der Waals surface area (Å²) in [4.78, 5) is 0. The van der Waals surface area contributed by atoms with E-state index in [1.54, 1.807) is 5.57 Å². The second-order valence-electron chi connectivity index (χ2n) is 5.21. The van der Waals surface area contributed by atoms with E-state index in [1.807, 2.05) is 0 Å². The monoisotopic (exact) mass is 243 g/mol. The summed E-state index contributed by atoms with van der Waals surface area (Å²) >= 11 is 0. The van der Waals surface area contributed by atoms with Crippen LogP contribution in [0.15, 0.2) is 42.1 Å². The van der Waals surface area contributed by atoms with Crippen LogP contribution < -0.4 is 10.7 Å². The molecule has 3 rings (SSSR count). The highest BCUT2D eigenvalue weighted by Crippen LogP contribution is 2.25. The standard InChI is InChI=1S/C15H21N3/c1-2-15(12-6-4-3-5-7-12)17-18-10-13-8-16-9-14(13)11-18/h3-8,14-17H,2,9-11H2,1H3. The van der Waals surface area contributed by atoms with E-state index >= 15 is 0 Å². The molecule has 1 saturated heterocycles. The molecule has 1 fully saturated rings. The van der Waals surface area contributed by atoms with E-state index < -0.39 is 0 Å². The zero-order valence-corrected chi connectivity index (χ0v) is 10.9. The molecule has 3 nitrogen and oxygen atoms in total. The fourth-order valence-corrected chi connectivity index (χ4v) is 2.89. The van der Waals surface area contributed by atoms with E-state index in [-0.39, 0.29) is 0 Å². The predicted molar refractivity (Wildman–Crippen MR) is 73.8 cm³/mol. The second kappa shape index (κ2) is 5.12. The fraction of sp³-hybridized carbons (Fsp3) is 0.467. The van der Waals surface area contributed by atoms with Crippen molar-refractivity contribution in [1.29, 1.82) is 0 Å². The molecule has 0 spiro atoms. The van der Waals surface area contributed by atoms with Crippen LogP contribution in [-0.4, -0.2) is 24.6 Å². The Morgan fingerprint density at radius 2 is 2.22 bits per heavy atom. The average molecular weight is 243 g/mol. The Labute approximate surface area is 109 Å². The molecule has 0 amide bonds. The van der Waals surface area contributed by atoms with Gasteiger partial charge in [0.15, 0.2) is 0 Å². The van der Waals surface area contributed by atoms with Gasteiger partial charge in [-0.25, -0.2) is 10.4 Å². The van der Waals surface area contributed by atoms with Crippen molar-refractivity contribution in [2.24, 2.45) is 5.92 Å². The molecule has 2 heterocycles. The van der Waals surface area contributed by atoms with E-state index in [0.717, 1.165) is 26.1 Å². The Hall–Kier alpha value is -1.32. The highest BCUT2D eigenvalue weighted by molar-refractivity contribution is 5.21. The molecule has 0 saturated carbocycles. The minimum Gasteiger partial charge on any atom is -0.390 e. The van der Waals surface area contributed by atoms with Gasteiger partial charge in [-0.05, 0) is 23.8 Å². The van der Waals surface area contributed by atoms with Crippen LogP contribution in [0.25, 0.3) is 0 Å². The van der Waals surface area contributed by atoms with Gasteiger partial charge in [-0.1, -0.05) is 37.3 Å². The number of hydrogen-bond acceptors (Lipinski definition) is 3. The first kappa shape index (κ1) is 11.8. The maximum atomic E-state index is 3.68. The lowest BCUT2D eigenvalue weighted by Crippen LogP contribution is -2.39. The van der Waals surface area contributed by atoms with Gasteiger partial charge in [-0.3, -0.25) is 0 Å². The van der Waals surface area contributed by atoms with Crippen molar-refractivity contribution in [2.75, 3.05) is 19.6 Å². The van der Waals surface area contributed by atoms with E-state index in [9.17, 15) is 0 Å². The molecule has 2 atom stereocenters. The predicted octanol–water partition coefficient (Wildman–Crippen LogP) is 2.06. The number of benzene rings is 1. The fourth-order valence-electron chi connectivity index (χ4n) is 2.89. The first-order valence-corrected chi connectivity index (χ1v) is 6.85. The van der Waals surface area contributed by atoms with Crippen molar-refractivity contribution < 1.29 is 0 Å². The van der Waals surface area contributed by atoms with Gasteiger partial charge in [0.1, 0.15) is 0 Å². The van der Waals surface area contributed by atoms with E-state index in [2.05, 4.69) is 59.2 Å². The van der Waals surface area contributed by atoms with Gasteiger partial charge < -0.3 is 5.32 Å². The summed E-state index contributed by atoms with van der Waals surface area (Å²) in [6.07, 6.45) is 3.30. The van der Waals surface area contributed by atoms with Crippen molar-refractivity contribution in [3.05, 3.63) is 47.7 Å². The smallest absolute Gasteiger partial charge is 0.0462 e. The SMILES string of the molecule is CCC(NN1CC2=CNCC2C1)c1ccccc1. The Balaban J connectivity index is 1.65. The Morgan fingerprint density at radius 1 is 1.39 bits per heavy atom. The lowest BCUT2D eigenvalue weighted by atomic mass is 10.1. The molecule has 3 heteroatoms. The molecule has 0 aliphatic carbocycles. The van der Waals surface area contributed by atoms with Gasteiger partial charge in [0.25, 0.3) is 0 Å². The van der Waals surface area contributed by atoms with E-state index in [0.29, 0.717) is 12.0 Å². The topological polar surface area (TPSA) is 27.3 Å². The van der Waals surface area contributed by atoms with E-state index in [1.165, 1.54) is 5.56 Å². The summed E-state index contributed by atoms with van der Waals surface area (Å²) in [6.45, 7) is 5.53. The molecule has 1 aromatic carbocycles. The molecule has 0 radical (unpaired) electrons. The summed E-state index contributed by atoms with van der Waals surface area (Å²) in [7, 11) is 0. The first-order chi connectivity index (χ1) is 8.86. The minimum atomic E-state index is 0.429. The first-order valence-electron chi connectivity index (χ1n) is 6.85. The maximum Gasteiger partial charge on any atom is 0.0462 e. The van der Waals surface area contributed by atoms with Gasteiger partial charge in [0.2, 0.25) is 0 Å². The zero-order chi connectivity index (χ0) is 12.4. The van der Waals surface area contributed by atoms with Gasteiger partial charge >= 0.3 is 0 Å². The third-order valence-electron chi connectivity index (χ3n) is 3.94. The summed E-state index contributed by atoms with van der Waals surface area (Å²) in [5.41, 5.74) is 6.60. The summed E-state index contributed by atoms with van der Waals surface area (Å²) in [6, 6.07) is 11.2. The van der Waals surface area contributed by atoms with Crippen molar-refractivity contribution >= 4 is 0 Å². The molecule has 2 aliphatic rings. The quantitative estimate of drug-likeness (QED) is 0.847. The molecule has 0 bridgehead atoms. The molecule has 2 unspecified atom stereocenters. The lowest BCUT2D eigenvalue weighted by Gasteiger charge is -2.25. The summed E-state index contributed by atoms with van der Waals surface area (Å²) in [5, 5.41) is 5.70. The van der Waals surface area contributed by atoms with Gasteiger partial charge in [0.05, 0.1) is 0 Å². The minimum absolute atomic E-state index is 0.429. The van der Waals surface area contributed by atoms with Crippen molar-refractivity contribution in [3.8, 4) is 0 Å². The van der Waals surface area contributed by atoms with Crippen molar-refractivity contribution in [3.63, 3.8) is 0 Å². The Kier molecular flexibility index (Phi) is 3.35. The van der Waals surface area contributed by atoms with Crippen LogP contribution >= 0.6 is 0 Å². The molecule has 0 aromatic heterocycles. The summed E-state index contributed by atoms with van der Waals surface area (Å²) < 4.78 is 0. The molecule has 2 N–H and O–H groups in total. The number of fused-ring (bicyclic) bond motifs is 1. The normalized spacial score (nSPS) is 24.5. The van der Waals surface area contributed by atoms with Crippen LogP contribution in [0.5, 0.6) is 0 Å². The summed E-state index contributed by atoms with van der Waals surface area (Å²) in [5.74, 6) is 0.714. The van der Waals surface area contributed by atoms with Crippen LogP contribution in [0.1, 0.15) is 24.9 Å².